The molecule has 0 aliphatic heterocycles. The van der Waals surface area contributed by atoms with Gasteiger partial charge in [0.2, 0.25) is 0 Å². The molecule has 0 saturated heterocycles. The summed E-state index contributed by atoms with van der Waals surface area (Å²) in [5, 5.41) is 3.03. The van der Waals surface area contributed by atoms with Crippen LogP contribution in [-0.2, 0) is 12.8 Å². The number of amides is 1. The quantitative estimate of drug-likeness (QED) is 0.820. The van der Waals surface area contributed by atoms with Crippen molar-refractivity contribution < 1.29 is 4.79 Å². The average molecular weight is 290 g/mol. The van der Waals surface area contributed by atoms with Crippen LogP contribution in [0.1, 0.15) is 54.6 Å². The van der Waals surface area contributed by atoms with Gasteiger partial charge >= 0.3 is 0 Å². The van der Waals surface area contributed by atoms with E-state index < -0.39 is 5.54 Å². The third-order valence-corrected chi connectivity index (χ3v) is 4.78. The highest BCUT2D eigenvalue weighted by Crippen LogP contribution is 2.23. The summed E-state index contributed by atoms with van der Waals surface area (Å²) in [5.74, 6) is -0.0869. The Labute approximate surface area is 125 Å². The van der Waals surface area contributed by atoms with Crippen molar-refractivity contribution in [1.82, 2.24) is 5.32 Å². The fourth-order valence-corrected chi connectivity index (χ4v) is 3.18. The highest BCUT2D eigenvalue weighted by molar-refractivity contribution is 7.80. The summed E-state index contributed by atoms with van der Waals surface area (Å²) in [4.78, 5) is 12.8. The van der Waals surface area contributed by atoms with Crippen LogP contribution in [0.4, 0.5) is 0 Å². The number of rotatable bonds is 5. The van der Waals surface area contributed by atoms with Gasteiger partial charge in [0.1, 0.15) is 0 Å². The second-order valence-corrected chi connectivity index (χ2v) is 5.88. The summed E-state index contributed by atoms with van der Waals surface area (Å²) in [6, 6.07) is 5.97. The first-order chi connectivity index (χ1) is 9.52. The van der Waals surface area contributed by atoms with Crippen LogP contribution in [0, 0.1) is 0 Å². The lowest BCUT2D eigenvalue weighted by Crippen LogP contribution is -2.55. The molecule has 0 aromatic heterocycles. The minimum Gasteiger partial charge on any atom is -0.391 e. The fourth-order valence-electron chi connectivity index (χ4n) is 2.84. The molecule has 3 N–H and O–H groups in total. The molecule has 4 heteroatoms. The minimum absolute atomic E-state index is 0.0869. The summed E-state index contributed by atoms with van der Waals surface area (Å²) < 4.78 is 0. The zero-order chi connectivity index (χ0) is 14.8. The second-order valence-electron chi connectivity index (χ2n) is 5.44. The molecule has 20 heavy (non-hydrogen) atoms. The van der Waals surface area contributed by atoms with Gasteiger partial charge < -0.3 is 11.1 Å². The molecule has 0 spiro atoms. The first-order valence-electron chi connectivity index (χ1n) is 7.26. The first-order valence-corrected chi connectivity index (χ1v) is 7.67. The van der Waals surface area contributed by atoms with E-state index in [4.69, 9.17) is 18.0 Å². The Morgan fingerprint density at radius 2 is 1.95 bits per heavy atom. The van der Waals surface area contributed by atoms with E-state index in [1.54, 1.807) is 0 Å². The zero-order valence-electron chi connectivity index (χ0n) is 12.2. The summed E-state index contributed by atoms with van der Waals surface area (Å²) in [5.41, 5.74) is 8.62. The summed E-state index contributed by atoms with van der Waals surface area (Å²) in [7, 11) is 0. The first kappa shape index (κ1) is 15.0. The largest absolute Gasteiger partial charge is 0.391 e. The maximum Gasteiger partial charge on any atom is 0.252 e. The van der Waals surface area contributed by atoms with Crippen molar-refractivity contribution in [2.24, 2.45) is 5.73 Å². The maximum atomic E-state index is 12.5. The molecule has 2 rings (SSSR count). The van der Waals surface area contributed by atoms with Crippen LogP contribution in [0.15, 0.2) is 18.2 Å². The molecule has 108 valence electrons. The Bertz CT molecular complexity index is 535. The molecule has 3 nitrogen and oxygen atoms in total. The number of benzene rings is 1. The van der Waals surface area contributed by atoms with Crippen LogP contribution in [0.3, 0.4) is 0 Å². The highest BCUT2D eigenvalue weighted by atomic mass is 32.1. The number of nitrogens with two attached hydrogens (primary N) is 1. The predicted octanol–water partition coefficient (Wildman–Crippen LogP) is 2.75. The van der Waals surface area contributed by atoms with Gasteiger partial charge in [-0.15, -0.1) is 0 Å². The smallest absolute Gasteiger partial charge is 0.252 e. The van der Waals surface area contributed by atoms with Gasteiger partial charge in [-0.1, -0.05) is 32.1 Å². The molecule has 0 saturated carbocycles. The van der Waals surface area contributed by atoms with E-state index in [-0.39, 0.29) is 5.91 Å². The maximum absolute atomic E-state index is 12.5. The summed E-state index contributed by atoms with van der Waals surface area (Å²) in [6.45, 7) is 3.98. The van der Waals surface area contributed by atoms with E-state index in [0.29, 0.717) is 23.4 Å². The van der Waals surface area contributed by atoms with Crippen LogP contribution in [0.5, 0.6) is 0 Å². The van der Waals surface area contributed by atoms with Crippen LogP contribution in [0.2, 0.25) is 0 Å². The monoisotopic (exact) mass is 290 g/mol. The topological polar surface area (TPSA) is 55.1 Å². The van der Waals surface area contributed by atoms with Gasteiger partial charge in [-0.05, 0) is 55.4 Å². The van der Waals surface area contributed by atoms with Crippen LogP contribution >= 0.6 is 12.2 Å². The van der Waals surface area contributed by atoms with Gasteiger partial charge in [-0.3, -0.25) is 4.79 Å². The van der Waals surface area contributed by atoms with Crippen molar-refractivity contribution in [3.8, 4) is 0 Å². The summed E-state index contributed by atoms with van der Waals surface area (Å²) in [6.07, 6.45) is 4.78. The Kier molecular flexibility index (Phi) is 4.43. The number of hydrogen-bond donors (Lipinski definition) is 2. The van der Waals surface area contributed by atoms with Crippen LogP contribution in [0.25, 0.3) is 0 Å². The van der Waals surface area contributed by atoms with Gasteiger partial charge in [-0.2, -0.15) is 0 Å². The van der Waals surface area contributed by atoms with Gasteiger partial charge in [0.25, 0.3) is 5.91 Å². The van der Waals surface area contributed by atoms with E-state index in [0.717, 1.165) is 12.8 Å². The normalized spacial score (nSPS) is 13.9. The molecule has 1 aliphatic carbocycles. The van der Waals surface area contributed by atoms with Crippen molar-refractivity contribution in [2.75, 3.05) is 0 Å². The Morgan fingerprint density at radius 3 is 2.55 bits per heavy atom. The van der Waals surface area contributed by atoms with Crippen molar-refractivity contribution >= 4 is 23.1 Å². The number of carbonyl (C=O) groups excluding carboxylic acids is 1. The van der Waals surface area contributed by atoms with E-state index in [2.05, 4.69) is 11.4 Å². The molecule has 1 aromatic rings. The third kappa shape index (κ3) is 2.70. The van der Waals surface area contributed by atoms with Gasteiger partial charge in [0.15, 0.2) is 0 Å². The molecule has 0 fully saturated rings. The summed E-state index contributed by atoms with van der Waals surface area (Å²) >= 11 is 5.14. The SMILES string of the molecule is CCC(CC)(NC(=O)c1ccc2c(c1)CCC2)C(N)=S. The minimum atomic E-state index is -0.578. The zero-order valence-corrected chi connectivity index (χ0v) is 13.0. The average Bonchev–Trinajstić information content (AvgIpc) is 2.91. The highest BCUT2D eigenvalue weighted by Gasteiger charge is 2.31. The van der Waals surface area contributed by atoms with E-state index >= 15 is 0 Å². The molecule has 0 heterocycles. The molecule has 0 radical (unpaired) electrons. The van der Waals surface area contributed by atoms with Crippen molar-refractivity contribution in [2.45, 2.75) is 51.5 Å². The number of fused-ring (bicyclic) bond motifs is 1. The van der Waals surface area contributed by atoms with Crippen molar-refractivity contribution in [3.63, 3.8) is 0 Å². The Balaban J connectivity index is 2.21. The lowest BCUT2D eigenvalue weighted by Gasteiger charge is -2.31. The van der Waals surface area contributed by atoms with Gasteiger partial charge in [-0.25, -0.2) is 0 Å². The molecule has 1 aromatic carbocycles. The molecular weight excluding hydrogens is 268 g/mol. The number of hydrogen-bond acceptors (Lipinski definition) is 2. The predicted molar refractivity (Wildman–Crippen MR) is 86.0 cm³/mol. The molecule has 1 amide bonds. The Morgan fingerprint density at radius 1 is 1.30 bits per heavy atom. The lowest BCUT2D eigenvalue weighted by molar-refractivity contribution is 0.0920. The van der Waals surface area contributed by atoms with E-state index in [1.807, 2.05) is 26.0 Å². The molecule has 0 atom stereocenters. The van der Waals surface area contributed by atoms with E-state index in [9.17, 15) is 4.79 Å². The van der Waals surface area contributed by atoms with Crippen LogP contribution < -0.4 is 11.1 Å². The molecule has 0 bridgehead atoms. The second kappa shape index (κ2) is 5.92. The van der Waals surface area contributed by atoms with Gasteiger partial charge in [0.05, 0.1) is 10.5 Å². The van der Waals surface area contributed by atoms with Crippen molar-refractivity contribution in [3.05, 3.63) is 34.9 Å². The molecular formula is C16H22N2OS. The number of carbonyl (C=O) groups is 1. The fraction of sp³-hybridized carbons (Fsp3) is 0.500. The lowest BCUT2D eigenvalue weighted by atomic mass is 9.92. The molecule has 1 aliphatic rings. The standard InChI is InChI=1S/C16H22N2OS/c1-3-16(4-2,15(17)20)18-14(19)13-9-8-11-6-5-7-12(11)10-13/h8-10H,3-7H2,1-2H3,(H2,17,20)(H,18,19). The Hall–Kier alpha value is -1.42. The van der Waals surface area contributed by atoms with Crippen LogP contribution in [-0.4, -0.2) is 16.4 Å². The van der Waals surface area contributed by atoms with Gasteiger partial charge in [0, 0.05) is 5.56 Å². The van der Waals surface area contributed by atoms with Crippen molar-refractivity contribution in [1.29, 1.82) is 0 Å². The molecule has 0 unspecified atom stereocenters. The number of nitrogens with one attached hydrogen (secondary N) is 1. The van der Waals surface area contributed by atoms with E-state index in [1.165, 1.54) is 17.5 Å². The number of thiocarbonyl (C=S) groups is 1. The number of aryl methyl sites for hydroxylation is 2. The third-order valence-electron chi connectivity index (χ3n) is 4.39.